The monoisotopic (exact) mass is 450 g/mol. The van der Waals surface area contributed by atoms with Crippen molar-refractivity contribution >= 4 is 33.6 Å². The Balaban J connectivity index is 1.92. The fourth-order valence-corrected chi connectivity index (χ4v) is 3.82. The minimum absolute atomic E-state index is 0.178. The van der Waals surface area contributed by atoms with Crippen LogP contribution in [0.5, 0.6) is 0 Å². The third kappa shape index (κ3) is 3.73. The normalized spacial score (nSPS) is 28.9. The number of aliphatic hydroxyl groups excluding tert-OH is 1. The summed E-state index contributed by atoms with van der Waals surface area (Å²) in [6.07, 6.45) is -0.363. The van der Waals surface area contributed by atoms with Gasteiger partial charge in [0.2, 0.25) is 5.91 Å². The number of nitrogens with one attached hydrogen (secondary N) is 1. The predicted octanol–water partition coefficient (Wildman–Crippen LogP) is 1.53. The molecule has 4 N–H and O–H groups in total. The van der Waals surface area contributed by atoms with E-state index in [0.29, 0.717) is 12.3 Å². The summed E-state index contributed by atoms with van der Waals surface area (Å²) >= 11 is 3.39. The van der Waals surface area contributed by atoms with Gasteiger partial charge in [-0.2, -0.15) is 0 Å². The second-order valence-electron chi connectivity index (χ2n) is 8.77. The SMILES string of the molecule is CC1(c2ccc(Br)cc2)N=C(C2C[C@@H](O)CN2C(=O)[C@@H](N)C(C)(C)C)NC1=O. The molecule has 0 spiro atoms. The van der Waals surface area contributed by atoms with Crippen LogP contribution in [-0.2, 0) is 15.1 Å². The largest absolute Gasteiger partial charge is 0.391 e. The average molecular weight is 451 g/mol. The van der Waals surface area contributed by atoms with Crippen molar-refractivity contribution in [1.82, 2.24) is 10.2 Å². The molecule has 3 rings (SSSR count). The summed E-state index contributed by atoms with van der Waals surface area (Å²) in [6, 6.07) is 6.20. The number of benzene rings is 1. The number of rotatable bonds is 3. The fraction of sp³-hybridized carbons (Fsp3) is 0.550. The van der Waals surface area contributed by atoms with Gasteiger partial charge in [0.05, 0.1) is 18.2 Å². The number of hydrogen-bond acceptors (Lipinski definition) is 5. The summed E-state index contributed by atoms with van der Waals surface area (Å²) in [5.74, 6) is -0.0941. The van der Waals surface area contributed by atoms with E-state index in [1.54, 1.807) is 11.8 Å². The van der Waals surface area contributed by atoms with E-state index in [9.17, 15) is 14.7 Å². The van der Waals surface area contributed by atoms with E-state index >= 15 is 0 Å². The molecule has 2 aliphatic heterocycles. The van der Waals surface area contributed by atoms with Crippen LogP contribution in [0.15, 0.2) is 33.7 Å². The van der Waals surface area contributed by atoms with E-state index in [2.05, 4.69) is 26.2 Å². The summed E-state index contributed by atoms with van der Waals surface area (Å²) in [7, 11) is 0. The Labute approximate surface area is 173 Å². The third-order valence-electron chi connectivity index (χ3n) is 5.51. The van der Waals surface area contributed by atoms with Crippen LogP contribution in [0.2, 0.25) is 0 Å². The minimum Gasteiger partial charge on any atom is -0.391 e. The van der Waals surface area contributed by atoms with E-state index in [-0.39, 0.29) is 18.4 Å². The average Bonchev–Trinajstić information content (AvgIpc) is 3.14. The highest BCUT2D eigenvalue weighted by atomic mass is 79.9. The number of halogens is 1. The van der Waals surface area contributed by atoms with Crippen molar-refractivity contribution in [3.05, 3.63) is 34.3 Å². The molecule has 0 bridgehead atoms. The van der Waals surface area contributed by atoms with Crippen molar-refractivity contribution in [1.29, 1.82) is 0 Å². The second kappa shape index (κ2) is 7.24. The number of amidine groups is 1. The maximum atomic E-state index is 13.0. The molecule has 28 heavy (non-hydrogen) atoms. The van der Waals surface area contributed by atoms with Crippen LogP contribution >= 0.6 is 15.9 Å². The van der Waals surface area contributed by atoms with Crippen molar-refractivity contribution < 1.29 is 14.7 Å². The lowest BCUT2D eigenvalue weighted by Crippen LogP contribution is -2.54. The zero-order valence-electron chi connectivity index (χ0n) is 16.6. The van der Waals surface area contributed by atoms with E-state index in [1.165, 1.54) is 0 Å². The molecule has 1 fully saturated rings. The first-order valence-corrected chi connectivity index (χ1v) is 10.1. The molecule has 7 nitrogen and oxygen atoms in total. The number of nitrogens with two attached hydrogens (primary N) is 1. The fourth-order valence-electron chi connectivity index (χ4n) is 3.55. The van der Waals surface area contributed by atoms with Crippen molar-refractivity contribution in [3.63, 3.8) is 0 Å². The Morgan fingerprint density at radius 2 is 2.00 bits per heavy atom. The van der Waals surface area contributed by atoms with Crippen molar-refractivity contribution in [2.45, 2.75) is 57.8 Å². The number of carbonyl (C=O) groups excluding carboxylic acids is 2. The molecule has 0 aromatic heterocycles. The van der Waals surface area contributed by atoms with Crippen LogP contribution in [0.3, 0.4) is 0 Å². The lowest BCUT2D eigenvalue weighted by atomic mass is 9.86. The second-order valence-corrected chi connectivity index (χ2v) is 9.69. The Bertz CT molecular complexity index is 818. The van der Waals surface area contributed by atoms with E-state index in [4.69, 9.17) is 5.73 Å². The number of nitrogens with zero attached hydrogens (tertiary/aromatic N) is 2. The Kier molecular flexibility index (Phi) is 5.42. The highest BCUT2D eigenvalue weighted by Crippen LogP contribution is 2.33. The van der Waals surface area contributed by atoms with E-state index in [1.807, 2.05) is 45.0 Å². The molecule has 0 saturated carbocycles. The summed E-state index contributed by atoms with van der Waals surface area (Å²) in [4.78, 5) is 32.0. The zero-order chi connectivity index (χ0) is 20.9. The molecule has 4 atom stereocenters. The van der Waals surface area contributed by atoms with Crippen LogP contribution in [0, 0.1) is 5.41 Å². The lowest BCUT2D eigenvalue weighted by Gasteiger charge is -2.32. The maximum absolute atomic E-state index is 13.0. The van der Waals surface area contributed by atoms with Crippen LogP contribution in [0.25, 0.3) is 0 Å². The van der Waals surface area contributed by atoms with Crippen molar-refractivity contribution in [2.75, 3.05) is 6.54 Å². The van der Waals surface area contributed by atoms with Gasteiger partial charge in [-0.1, -0.05) is 48.8 Å². The van der Waals surface area contributed by atoms with Gasteiger partial charge in [0.25, 0.3) is 5.91 Å². The number of hydrogen-bond donors (Lipinski definition) is 3. The number of β-amino-alcohol motifs (C(OH)–C–C–N with tert-alkyl or cyclic N) is 1. The Morgan fingerprint density at radius 1 is 1.39 bits per heavy atom. The molecular formula is C20H27BrN4O3. The summed E-state index contributed by atoms with van der Waals surface area (Å²) in [5.41, 5.74) is 5.42. The van der Waals surface area contributed by atoms with Gasteiger partial charge in [0.15, 0.2) is 5.54 Å². The van der Waals surface area contributed by atoms with E-state index < -0.39 is 29.1 Å². The molecular weight excluding hydrogens is 424 g/mol. The first kappa shape index (κ1) is 21.0. The molecule has 2 unspecified atom stereocenters. The number of amides is 2. The molecule has 2 aliphatic rings. The smallest absolute Gasteiger partial charge is 0.257 e. The molecule has 2 heterocycles. The van der Waals surface area contributed by atoms with Gasteiger partial charge in [0.1, 0.15) is 5.84 Å². The van der Waals surface area contributed by atoms with Gasteiger partial charge < -0.3 is 21.1 Å². The molecule has 8 heteroatoms. The number of aliphatic imine (C=N–C) groups is 1. The summed E-state index contributed by atoms with van der Waals surface area (Å²) in [5, 5.41) is 13.0. The third-order valence-corrected chi connectivity index (χ3v) is 6.04. The molecule has 2 amide bonds. The standard InChI is InChI=1S/C20H27BrN4O3/c1-19(2,3)15(22)17(27)25-10-13(26)9-14(25)16-23-18(28)20(4,24-16)11-5-7-12(21)8-6-11/h5-8,13-15,26H,9-10,22H2,1-4H3,(H,23,24,28)/t13-,14?,15-,20?/m1/s1. The predicted molar refractivity (Wildman–Crippen MR) is 111 cm³/mol. The molecule has 0 aliphatic carbocycles. The van der Waals surface area contributed by atoms with Crippen molar-refractivity contribution in [2.24, 2.45) is 16.1 Å². The molecule has 1 aromatic rings. The van der Waals surface area contributed by atoms with Crippen LogP contribution < -0.4 is 11.1 Å². The topological polar surface area (TPSA) is 108 Å². The van der Waals surface area contributed by atoms with Gasteiger partial charge in [0, 0.05) is 17.4 Å². The van der Waals surface area contributed by atoms with Crippen molar-refractivity contribution in [3.8, 4) is 0 Å². The van der Waals surface area contributed by atoms with Gasteiger partial charge in [-0.3, -0.25) is 9.59 Å². The van der Waals surface area contributed by atoms with Gasteiger partial charge >= 0.3 is 0 Å². The zero-order valence-corrected chi connectivity index (χ0v) is 18.2. The van der Waals surface area contributed by atoms with Gasteiger partial charge in [-0.25, -0.2) is 4.99 Å². The molecule has 1 saturated heterocycles. The number of carbonyl (C=O) groups is 2. The van der Waals surface area contributed by atoms with Crippen LogP contribution in [0.1, 0.15) is 39.7 Å². The quantitative estimate of drug-likeness (QED) is 0.648. The molecule has 0 radical (unpaired) electrons. The van der Waals surface area contributed by atoms with Gasteiger partial charge in [-0.15, -0.1) is 0 Å². The number of aliphatic hydroxyl groups is 1. The number of likely N-dealkylation sites (tertiary alicyclic amines) is 1. The summed E-state index contributed by atoms with van der Waals surface area (Å²) in [6.45, 7) is 7.62. The molecule has 152 valence electrons. The molecule has 1 aromatic carbocycles. The first-order valence-electron chi connectivity index (χ1n) is 9.35. The highest BCUT2D eigenvalue weighted by molar-refractivity contribution is 9.10. The highest BCUT2D eigenvalue weighted by Gasteiger charge is 2.47. The summed E-state index contributed by atoms with van der Waals surface area (Å²) < 4.78 is 0.911. The van der Waals surface area contributed by atoms with Crippen LogP contribution in [0.4, 0.5) is 0 Å². The Hall–Kier alpha value is -1.77. The van der Waals surface area contributed by atoms with Gasteiger partial charge in [-0.05, 0) is 30.0 Å². The first-order chi connectivity index (χ1) is 12.9. The Morgan fingerprint density at radius 3 is 2.57 bits per heavy atom. The minimum atomic E-state index is -1.08. The van der Waals surface area contributed by atoms with E-state index in [0.717, 1.165) is 10.0 Å². The van der Waals surface area contributed by atoms with Crippen LogP contribution in [-0.4, -0.2) is 52.4 Å². The maximum Gasteiger partial charge on any atom is 0.257 e. The lowest BCUT2D eigenvalue weighted by molar-refractivity contribution is -0.135.